The number of rotatable bonds is 4. The van der Waals surface area contributed by atoms with Crippen LogP contribution in [0.4, 0.5) is 5.82 Å². The molecule has 0 fully saturated rings. The van der Waals surface area contributed by atoms with Gasteiger partial charge in [-0.25, -0.2) is 4.68 Å². The van der Waals surface area contributed by atoms with Gasteiger partial charge >= 0.3 is 0 Å². The topological polar surface area (TPSA) is 65.4 Å². The number of halogens is 1. The molecule has 138 valence electrons. The number of carbonyl (C=O) groups excluding carboxylic acids is 1. The van der Waals surface area contributed by atoms with Crippen LogP contribution in [0.15, 0.2) is 60.8 Å². The molecule has 1 aliphatic rings. The van der Waals surface area contributed by atoms with Gasteiger partial charge in [-0.05, 0) is 36.8 Å². The molecule has 1 N–H and O–H groups in total. The minimum Gasteiger partial charge on any atom is -0.482 e. The summed E-state index contributed by atoms with van der Waals surface area (Å²) in [6, 6.07) is 16.6. The minimum atomic E-state index is -0.751. The fraction of sp³-hybridized carbons (Fsp3) is 0.200. The van der Waals surface area contributed by atoms with Gasteiger partial charge in [0.05, 0.1) is 12.7 Å². The zero-order valence-electron chi connectivity index (χ0n) is 14.6. The maximum absolute atomic E-state index is 12.8. The Hall–Kier alpha value is -2.99. The van der Waals surface area contributed by atoms with E-state index in [9.17, 15) is 4.79 Å². The fourth-order valence-electron chi connectivity index (χ4n) is 2.93. The Morgan fingerprint density at radius 1 is 1.11 bits per heavy atom. The summed E-state index contributed by atoms with van der Waals surface area (Å²) in [5.74, 6) is 1.51. The van der Waals surface area contributed by atoms with E-state index < -0.39 is 12.2 Å². The molecule has 2 aromatic carbocycles. The van der Waals surface area contributed by atoms with E-state index in [0.29, 0.717) is 28.9 Å². The number of ether oxygens (including phenoxy) is 2. The first kappa shape index (κ1) is 17.4. The molecule has 27 heavy (non-hydrogen) atoms. The van der Waals surface area contributed by atoms with E-state index in [2.05, 4.69) is 10.4 Å². The van der Waals surface area contributed by atoms with Crippen molar-refractivity contribution in [2.75, 3.05) is 5.32 Å². The van der Waals surface area contributed by atoms with E-state index in [4.69, 9.17) is 21.1 Å². The molecule has 0 spiro atoms. The molecule has 2 heterocycles. The molecule has 6 nitrogen and oxygen atoms in total. The number of aromatic nitrogens is 2. The lowest BCUT2D eigenvalue weighted by Crippen LogP contribution is -2.46. The number of nitrogens with zero attached hydrogens (tertiary/aromatic N) is 2. The highest BCUT2D eigenvalue weighted by Gasteiger charge is 2.34. The minimum absolute atomic E-state index is 0.283. The molecule has 0 saturated heterocycles. The number of hydrogen-bond donors (Lipinski definition) is 1. The molecular formula is C20H18ClN3O3. The highest BCUT2D eigenvalue weighted by molar-refractivity contribution is 6.30. The zero-order chi connectivity index (χ0) is 18.8. The van der Waals surface area contributed by atoms with E-state index in [1.54, 1.807) is 23.0 Å². The highest BCUT2D eigenvalue weighted by atomic mass is 35.5. The summed E-state index contributed by atoms with van der Waals surface area (Å²) >= 11 is 5.92. The van der Waals surface area contributed by atoms with E-state index in [0.717, 1.165) is 5.56 Å². The Morgan fingerprint density at radius 3 is 2.56 bits per heavy atom. The summed E-state index contributed by atoms with van der Waals surface area (Å²) < 4.78 is 13.4. The third-order valence-electron chi connectivity index (χ3n) is 4.31. The van der Waals surface area contributed by atoms with E-state index >= 15 is 0 Å². The predicted molar refractivity (Wildman–Crippen MR) is 102 cm³/mol. The molecular weight excluding hydrogens is 366 g/mol. The summed E-state index contributed by atoms with van der Waals surface area (Å²) in [4.78, 5) is 12.8. The number of anilines is 1. The van der Waals surface area contributed by atoms with Crippen LogP contribution in [0.25, 0.3) is 0 Å². The van der Waals surface area contributed by atoms with Crippen molar-refractivity contribution in [2.45, 2.75) is 25.7 Å². The first-order valence-electron chi connectivity index (χ1n) is 8.59. The third-order valence-corrected chi connectivity index (χ3v) is 4.57. The van der Waals surface area contributed by atoms with Crippen molar-refractivity contribution in [3.63, 3.8) is 0 Å². The molecule has 1 amide bonds. The molecule has 7 heteroatoms. The first-order chi connectivity index (χ1) is 13.1. The molecule has 4 rings (SSSR count). The van der Waals surface area contributed by atoms with Gasteiger partial charge in [0.2, 0.25) is 6.10 Å². The second kappa shape index (κ2) is 7.32. The zero-order valence-corrected chi connectivity index (χ0v) is 15.4. The van der Waals surface area contributed by atoms with Crippen LogP contribution in [0.2, 0.25) is 5.02 Å². The van der Waals surface area contributed by atoms with Gasteiger partial charge in [-0.3, -0.25) is 4.79 Å². The summed E-state index contributed by atoms with van der Waals surface area (Å²) in [7, 11) is 0. The number of carbonyl (C=O) groups is 1. The van der Waals surface area contributed by atoms with Crippen molar-refractivity contribution >= 4 is 23.3 Å². The van der Waals surface area contributed by atoms with Gasteiger partial charge in [0.25, 0.3) is 5.91 Å². The van der Waals surface area contributed by atoms with Crippen molar-refractivity contribution in [1.29, 1.82) is 0 Å². The lowest BCUT2D eigenvalue weighted by Gasteiger charge is -2.31. The molecule has 1 aliphatic heterocycles. The average molecular weight is 384 g/mol. The molecule has 2 atom stereocenters. The quantitative estimate of drug-likeness (QED) is 0.745. The van der Waals surface area contributed by atoms with Gasteiger partial charge in [-0.15, -0.1) is 0 Å². The number of hydrogen-bond acceptors (Lipinski definition) is 4. The largest absolute Gasteiger partial charge is 0.482 e. The van der Waals surface area contributed by atoms with Gasteiger partial charge in [-0.1, -0.05) is 35.9 Å². The van der Waals surface area contributed by atoms with Crippen molar-refractivity contribution in [1.82, 2.24) is 9.78 Å². The van der Waals surface area contributed by atoms with Crippen LogP contribution in [0.1, 0.15) is 12.5 Å². The Morgan fingerprint density at radius 2 is 1.81 bits per heavy atom. The number of benzene rings is 2. The summed E-state index contributed by atoms with van der Waals surface area (Å²) in [5, 5.41) is 7.84. The van der Waals surface area contributed by atoms with Crippen LogP contribution >= 0.6 is 11.6 Å². The van der Waals surface area contributed by atoms with Gasteiger partial charge in [0.1, 0.15) is 11.9 Å². The second-order valence-corrected chi connectivity index (χ2v) is 6.73. The Kier molecular flexibility index (Phi) is 4.73. The van der Waals surface area contributed by atoms with E-state index in [-0.39, 0.29) is 5.91 Å². The summed E-state index contributed by atoms with van der Waals surface area (Å²) in [5.41, 5.74) is 1.03. The van der Waals surface area contributed by atoms with Crippen LogP contribution in [0, 0.1) is 0 Å². The van der Waals surface area contributed by atoms with Crippen molar-refractivity contribution in [3.8, 4) is 11.5 Å². The average Bonchev–Trinajstić information content (AvgIpc) is 3.09. The monoisotopic (exact) mass is 383 g/mol. The molecule has 0 unspecified atom stereocenters. The second-order valence-electron chi connectivity index (χ2n) is 6.30. The lowest BCUT2D eigenvalue weighted by molar-refractivity contribution is -0.128. The number of nitrogens with one attached hydrogen (secondary N) is 1. The van der Waals surface area contributed by atoms with Crippen LogP contribution in [0.5, 0.6) is 11.5 Å². The van der Waals surface area contributed by atoms with Gasteiger partial charge in [0, 0.05) is 11.1 Å². The lowest BCUT2D eigenvalue weighted by atomic mass is 10.1. The number of amides is 1. The predicted octanol–water partition coefficient (Wildman–Crippen LogP) is 3.75. The van der Waals surface area contributed by atoms with E-state index in [1.807, 2.05) is 49.4 Å². The molecule has 0 saturated carbocycles. The fourth-order valence-corrected chi connectivity index (χ4v) is 3.06. The molecule has 0 radical (unpaired) electrons. The molecule has 0 bridgehead atoms. The Labute approximate surface area is 161 Å². The van der Waals surface area contributed by atoms with Gasteiger partial charge in [-0.2, -0.15) is 5.10 Å². The van der Waals surface area contributed by atoms with Crippen LogP contribution < -0.4 is 14.8 Å². The normalized spacial score (nSPS) is 18.1. The summed E-state index contributed by atoms with van der Waals surface area (Å²) in [6.07, 6.45) is 0.481. The van der Waals surface area contributed by atoms with Crippen LogP contribution in [-0.4, -0.2) is 27.9 Å². The standard InChI is InChI=1S/C20H18ClN3O3/c1-13-19(27-17-5-3-2-4-16(17)26-13)20(25)23-18-10-11-22-24(18)12-14-6-8-15(21)9-7-14/h2-11,13,19H,12H2,1H3,(H,23,25)/t13-,19-/m0/s1. The van der Waals surface area contributed by atoms with Crippen molar-refractivity contribution < 1.29 is 14.3 Å². The van der Waals surface area contributed by atoms with E-state index in [1.165, 1.54) is 0 Å². The SMILES string of the molecule is C[C@@H]1Oc2ccccc2O[C@@H]1C(=O)Nc1ccnn1Cc1ccc(Cl)cc1. The maximum atomic E-state index is 12.8. The Balaban J connectivity index is 1.47. The maximum Gasteiger partial charge on any atom is 0.270 e. The highest BCUT2D eigenvalue weighted by Crippen LogP contribution is 2.33. The van der Waals surface area contributed by atoms with Crippen molar-refractivity contribution in [3.05, 3.63) is 71.4 Å². The first-order valence-corrected chi connectivity index (χ1v) is 8.97. The number of para-hydroxylation sites is 2. The molecule has 1 aromatic heterocycles. The van der Waals surface area contributed by atoms with Gasteiger partial charge < -0.3 is 14.8 Å². The summed E-state index contributed by atoms with van der Waals surface area (Å²) in [6.45, 7) is 2.32. The molecule has 0 aliphatic carbocycles. The van der Waals surface area contributed by atoms with Crippen LogP contribution in [-0.2, 0) is 11.3 Å². The number of fused-ring (bicyclic) bond motifs is 1. The van der Waals surface area contributed by atoms with Crippen molar-refractivity contribution in [2.24, 2.45) is 0 Å². The van der Waals surface area contributed by atoms with Crippen LogP contribution in [0.3, 0.4) is 0 Å². The smallest absolute Gasteiger partial charge is 0.270 e. The Bertz CT molecular complexity index is 955. The van der Waals surface area contributed by atoms with Gasteiger partial charge in [0.15, 0.2) is 11.5 Å². The third kappa shape index (κ3) is 3.75. The molecule has 3 aromatic rings.